The average Bonchev–Trinajstić information content (AvgIpc) is 2.94. The number of thioether (sulfide) groups is 1. The maximum Gasteiger partial charge on any atom is 0.451 e. The van der Waals surface area contributed by atoms with Crippen molar-refractivity contribution in [3.63, 3.8) is 0 Å². The Kier molecular flexibility index (Phi) is 6.10. The maximum absolute atomic E-state index is 12.7. The van der Waals surface area contributed by atoms with E-state index in [1.165, 1.54) is 12.6 Å². The van der Waals surface area contributed by atoms with Crippen LogP contribution >= 0.6 is 11.8 Å². The van der Waals surface area contributed by atoms with E-state index in [1.807, 2.05) is 24.3 Å². The quantitative estimate of drug-likeness (QED) is 0.777. The summed E-state index contributed by atoms with van der Waals surface area (Å²) >= 11 is 0.900. The molecule has 2 rings (SSSR count). The van der Waals surface area contributed by atoms with E-state index < -0.39 is 12.0 Å². The summed E-state index contributed by atoms with van der Waals surface area (Å²) in [4.78, 5) is 12.0. The van der Waals surface area contributed by atoms with Crippen LogP contribution in [-0.4, -0.2) is 26.4 Å². The number of alkyl halides is 3. The van der Waals surface area contributed by atoms with Gasteiger partial charge in [-0.15, -0.1) is 10.2 Å². The lowest BCUT2D eigenvalue weighted by Crippen LogP contribution is -2.15. The van der Waals surface area contributed by atoms with Gasteiger partial charge in [-0.05, 0) is 30.0 Å². The summed E-state index contributed by atoms with van der Waals surface area (Å²) in [5.41, 5.74) is 1.83. The molecule has 0 saturated carbocycles. The molecule has 136 valence electrons. The molecule has 0 saturated heterocycles. The Labute approximate surface area is 148 Å². The average molecular weight is 372 g/mol. The van der Waals surface area contributed by atoms with Crippen molar-refractivity contribution in [2.45, 2.75) is 37.5 Å². The molecule has 0 unspecified atom stereocenters. The van der Waals surface area contributed by atoms with Crippen molar-refractivity contribution in [1.29, 1.82) is 0 Å². The summed E-state index contributed by atoms with van der Waals surface area (Å²) in [7, 11) is 1.22. The highest BCUT2D eigenvalue weighted by Crippen LogP contribution is 2.29. The maximum atomic E-state index is 12.7. The van der Waals surface area contributed by atoms with Crippen molar-refractivity contribution >= 4 is 23.4 Å². The number of anilines is 1. The molecule has 1 N–H and O–H groups in total. The van der Waals surface area contributed by atoms with Crippen LogP contribution in [0, 0.1) is 0 Å². The molecular weight excluding hydrogens is 353 g/mol. The van der Waals surface area contributed by atoms with E-state index in [0.717, 1.165) is 22.7 Å². The SMILES string of the molecule is CC[C@@H](C)c1ccc(NC(=O)CSc2nnc(C(F)(F)F)n2C)cc1. The molecule has 0 aliphatic rings. The van der Waals surface area contributed by atoms with Crippen molar-refractivity contribution in [3.05, 3.63) is 35.7 Å². The molecule has 2 aromatic rings. The molecule has 5 nitrogen and oxygen atoms in total. The lowest BCUT2D eigenvalue weighted by molar-refractivity contribution is -0.147. The minimum absolute atomic E-state index is 0.0367. The molecule has 1 atom stereocenters. The third-order valence-corrected chi connectivity index (χ3v) is 4.82. The molecule has 9 heteroatoms. The highest BCUT2D eigenvalue weighted by atomic mass is 32.2. The third-order valence-electron chi connectivity index (χ3n) is 3.80. The molecule has 0 aliphatic carbocycles. The zero-order valence-electron chi connectivity index (χ0n) is 14.1. The molecule has 0 radical (unpaired) electrons. The van der Waals surface area contributed by atoms with Gasteiger partial charge in [-0.25, -0.2) is 0 Å². The Hall–Kier alpha value is -2.03. The fourth-order valence-electron chi connectivity index (χ4n) is 2.15. The largest absolute Gasteiger partial charge is 0.451 e. The predicted octanol–water partition coefficient (Wildman–Crippen LogP) is 4.08. The van der Waals surface area contributed by atoms with E-state index >= 15 is 0 Å². The van der Waals surface area contributed by atoms with Crippen molar-refractivity contribution < 1.29 is 18.0 Å². The fourth-order valence-corrected chi connectivity index (χ4v) is 2.86. The first-order valence-electron chi connectivity index (χ1n) is 7.71. The molecule has 1 aromatic carbocycles. The summed E-state index contributed by atoms with van der Waals surface area (Å²) in [6.07, 6.45) is -3.54. The molecule has 0 fully saturated rings. The monoisotopic (exact) mass is 372 g/mol. The smallest absolute Gasteiger partial charge is 0.325 e. The molecule has 25 heavy (non-hydrogen) atoms. The summed E-state index contributed by atoms with van der Waals surface area (Å²) in [6, 6.07) is 7.53. The summed E-state index contributed by atoms with van der Waals surface area (Å²) in [5, 5.41) is 9.35. The van der Waals surface area contributed by atoms with Gasteiger partial charge in [0, 0.05) is 12.7 Å². The molecule has 0 bridgehead atoms. The predicted molar refractivity (Wildman–Crippen MR) is 90.5 cm³/mol. The van der Waals surface area contributed by atoms with Crippen LogP contribution in [0.1, 0.15) is 37.6 Å². The van der Waals surface area contributed by atoms with Crippen LogP contribution in [0.3, 0.4) is 0 Å². The van der Waals surface area contributed by atoms with Crippen LogP contribution in [-0.2, 0) is 18.0 Å². The van der Waals surface area contributed by atoms with Crippen LogP contribution in [0.25, 0.3) is 0 Å². The Morgan fingerprint density at radius 2 is 1.92 bits per heavy atom. The highest BCUT2D eigenvalue weighted by molar-refractivity contribution is 7.99. The van der Waals surface area contributed by atoms with Gasteiger partial charge in [0.15, 0.2) is 5.16 Å². The molecule has 1 heterocycles. The number of carbonyl (C=O) groups is 1. The lowest BCUT2D eigenvalue weighted by atomic mass is 9.99. The first-order valence-corrected chi connectivity index (χ1v) is 8.70. The van der Waals surface area contributed by atoms with Crippen molar-refractivity contribution in [1.82, 2.24) is 14.8 Å². The normalized spacial score (nSPS) is 12.9. The van der Waals surface area contributed by atoms with Gasteiger partial charge in [0.2, 0.25) is 11.7 Å². The first kappa shape index (κ1) is 19.3. The number of hydrogen-bond donors (Lipinski definition) is 1. The molecule has 1 amide bonds. The summed E-state index contributed by atoms with van der Waals surface area (Å²) < 4.78 is 38.8. The number of nitrogens with one attached hydrogen (secondary N) is 1. The van der Waals surface area contributed by atoms with Crippen molar-refractivity contribution in [2.24, 2.45) is 7.05 Å². The van der Waals surface area contributed by atoms with Crippen molar-refractivity contribution in [3.8, 4) is 0 Å². The molecule has 0 aliphatic heterocycles. The number of halogens is 3. The van der Waals surface area contributed by atoms with Crippen LogP contribution in [0.4, 0.5) is 18.9 Å². The highest BCUT2D eigenvalue weighted by Gasteiger charge is 2.37. The van der Waals surface area contributed by atoms with Gasteiger partial charge in [0.05, 0.1) is 5.75 Å². The topological polar surface area (TPSA) is 59.8 Å². The van der Waals surface area contributed by atoms with Crippen LogP contribution in [0.5, 0.6) is 0 Å². The van der Waals surface area contributed by atoms with Gasteiger partial charge in [-0.2, -0.15) is 13.2 Å². The second kappa shape index (κ2) is 7.90. The summed E-state index contributed by atoms with van der Waals surface area (Å²) in [5.74, 6) is -1.02. The van der Waals surface area contributed by atoms with Gasteiger partial charge in [-0.1, -0.05) is 37.7 Å². The number of amides is 1. The third kappa shape index (κ3) is 4.97. The minimum atomic E-state index is -4.57. The van der Waals surface area contributed by atoms with E-state index in [9.17, 15) is 18.0 Å². The number of hydrogen-bond acceptors (Lipinski definition) is 4. The lowest BCUT2D eigenvalue weighted by Gasteiger charge is -2.10. The van der Waals surface area contributed by atoms with E-state index in [1.54, 1.807) is 0 Å². The minimum Gasteiger partial charge on any atom is -0.325 e. The number of aromatic nitrogens is 3. The zero-order chi connectivity index (χ0) is 18.6. The number of benzene rings is 1. The Morgan fingerprint density at radius 3 is 2.44 bits per heavy atom. The Balaban J connectivity index is 1.92. The van der Waals surface area contributed by atoms with Crippen LogP contribution < -0.4 is 5.32 Å². The van der Waals surface area contributed by atoms with E-state index in [-0.39, 0.29) is 16.8 Å². The van der Waals surface area contributed by atoms with Crippen LogP contribution in [0.15, 0.2) is 29.4 Å². The summed E-state index contributed by atoms with van der Waals surface area (Å²) in [6.45, 7) is 4.23. The second-order valence-electron chi connectivity index (χ2n) is 5.63. The van der Waals surface area contributed by atoms with Gasteiger partial charge in [-0.3, -0.25) is 4.79 Å². The zero-order valence-corrected chi connectivity index (χ0v) is 14.9. The second-order valence-corrected chi connectivity index (χ2v) is 6.57. The van der Waals surface area contributed by atoms with E-state index in [0.29, 0.717) is 11.6 Å². The molecule has 0 spiro atoms. The van der Waals surface area contributed by atoms with E-state index in [2.05, 4.69) is 29.4 Å². The fraction of sp³-hybridized carbons (Fsp3) is 0.438. The van der Waals surface area contributed by atoms with Gasteiger partial charge in [0.25, 0.3) is 0 Å². The van der Waals surface area contributed by atoms with Crippen LogP contribution in [0.2, 0.25) is 0 Å². The standard InChI is InChI=1S/C16H19F3N4OS/c1-4-10(2)11-5-7-12(8-6-11)20-13(24)9-25-15-22-21-14(23(15)3)16(17,18)19/h5-8,10H,4,9H2,1-3H3,(H,20,24)/t10-/m1/s1. The van der Waals surface area contributed by atoms with Gasteiger partial charge in [0.1, 0.15) is 0 Å². The van der Waals surface area contributed by atoms with E-state index in [4.69, 9.17) is 0 Å². The molecule has 1 aromatic heterocycles. The van der Waals surface area contributed by atoms with Gasteiger partial charge < -0.3 is 9.88 Å². The van der Waals surface area contributed by atoms with Crippen molar-refractivity contribution in [2.75, 3.05) is 11.1 Å². The Bertz CT molecular complexity index is 728. The van der Waals surface area contributed by atoms with Gasteiger partial charge >= 0.3 is 6.18 Å². The molecular formula is C16H19F3N4OS. The first-order chi connectivity index (χ1) is 11.7. The Morgan fingerprint density at radius 1 is 1.28 bits per heavy atom. The number of carbonyl (C=O) groups excluding carboxylic acids is 1. The number of rotatable bonds is 6. The number of nitrogens with zero attached hydrogens (tertiary/aromatic N) is 3.